The van der Waals surface area contributed by atoms with Crippen molar-refractivity contribution in [1.29, 1.82) is 0 Å². The largest absolute Gasteiger partial charge is 0.497 e. The zero-order chi connectivity index (χ0) is 14.7. The van der Waals surface area contributed by atoms with Crippen LogP contribution in [0.15, 0.2) is 24.3 Å². The number of nitrogens with one attached hydrogen (secondary N) is 1. The Hall–Kier alpha value is -1.81. The van der Waals surface area contributed by atoms with Crippen LogP contribution in [-0.4, -0.2) is 23.4 Å². The molecule has 0 amide bonds. The van der Waals surface area contributed by atoms with Crippen molar-refractivity contribution in [1.82, 2.24) is 15.1 Å². The number of rotatable bonds is 5. The molecule has 2 aromatic rings. The van der Waals surface area contributed by atoms with E-state index in [9.17, 15) is 0 Å². The molecule has 0 spiro atoms. The van der Waals surface area contributed by atoms with Crippen molar-refractivity contribution in [2.45, 2.75) is 26.8 Å². The zero-order valence-corrected chi connectivity index (χ0v) is 12.9. The third kappa shape index (κ3) is 2.85. The van der Waals surface area contributed by atoms with E-state index in [0.717, 1.165) is 18.0 Å². The standard InChI is InChI=1S/C16H23N3O/c1-6-17-16(15-10-12(3)18-19(15)4)14-8-7-13(20-5)9-11(14)2/h7-10,16-17H,6H2,1-5H3. The van der Waals surface area contributed by atoms with Crippen LogP contribution in [0.3, 0.4) is 0 Å². The molecular formula is C16H23N3O. The Bertz CT molecular complexity index is 589. The first-order chi connectivity index (χ1) is 9.56. The van der Waals surface area contributed by atoms with Gasteiger partial charge in [-0.1, -0.05) is 13.0 Å². The Labute approximate surface area is 120 Å². The summed E-state index contributed by atoms with van der Waals surface area (Å²) < 4.78 is 7.24. The average Bonchev–Trinajstić information content (AvgIpc) is 2.75. The summed E-state index contributed by atoms with van der Waals surface area (Å²) >= 11 is 0. The lowest BCUT2D eigenvalue weighted by atomic mass is 9.98. The van der Waals surface area contributed by atoms with E-state index in [4.69, 9.17) is 4.74 Å². The third-order valence-electron chi connectivity index (χ3n) is 3.53. The highest BCUT2D eigenvalue weighted by Crippen LogP contribution is 2.27. The molecule has 0 saturated heterocycles. The van der Waals surface area contributed by atoms with Gasteiger partial charge in [-0.15, -0.1) is 0 Å². The molecular weight excluding hydrogens is 250 g/mol. The lowest BCUT2D eigenvalue weighted by Crippen LogP contribution is -2.25. The molecule has 0 bridgehead atoms. The van der Waals surface area contributed by atoms with E-state index in [1.54, 1.807) is 7.11 Å². The SMILES string of the molecule is CCNC(c1ccc(OC)cc1C)c1cc(C)nn1C. The molecule has 1 aromatic carbocycles. The summed E-state index contributed by atoms with van der Waals surface area (Å²) in [6.07, 6.45) is 0. The number of aromatic nitrogens is 2. The van der Waals surface area contributed by atoms with Crippen LogP contribution < -0.4 is 10.1 Å². The van der Waals surface area contributed by atoms with Crippen LogP contribution in [0.4, 0.5) is 0 Å². The summed E-state index contributed by atoms with van der Waals surface area (Å²) in [5.74, 6) is 0.891. The van der Waals surface area contributed by atoms with Crippen molar-refractivity contribution in [3.63, 3.8) is 0 Å². The molecule has 4 nitrogen and oxygen atoms in total. The molecule has 1 heterocycles. The van der Waals surface area contributed by atoms with Gasteiger partial charge in [-0.25, -0.2) is 0 Å². The normalized spacial score (nSPS) is 12.4. The first-order valence-corrected chi connectivity index (χ1v) is 6.95. The van der Waals surface area contributed by atoms with Crippen LogP contribution in [-0.2, 0) is 7.05 Å². The minimum absolute atomic E-state index is 0.150. The molecule has 2 rings (SSSR count). The summed E-state index contributed by atoms with van der Waals surface area (Å²) in [6, 6.07) is 8.50. The molecule has 0 saturated carbocycles. The van der Waals surface area contributed by atoms with E-state index in [1.807, 2.05) is 24.7 Å². The molecule has 0 aliphatic carbocycles. The predicted octanol–water partition coefficient (Wildman–Crippen LogP) is 2.74. The van der Waals surface area contributed by atoms with Crippen molar-refractivity contribution in [2.24, 2.45) is 7.05 Å². The molecule has 1 aromatic heterocycles. The number of hydrogen-bond donors (Lipinski definition) is 1. The molecule has 108 valence electrons. The van der Waals surface area contributed by atoms with E-state index < -0.39 is 0 Å². The van der Waals surface area contributed by atoms with Crippen molar-refractivity contribution >= 4 is 0 Å². The van der Waals surface area contributed by atoms with Crippen molar-refractivity contribution in [3.8, 4) is 5.75 Å². The monoisotopic (exact) mass is 273 g/mol. The maximum absolute atomic E-state index is 5.29. The van der Waals surface area contributed by atoms with E-state index in [-0.39, 0.29) is 6.04 Å². The quantitative estimate of drug-likeness (QED) is 0.910. The van der Waals surface area contributed by atoms with Crippen LogP contribution in [0.2, 0.25) is 0 Å². The number of benzene rings is 1. The van der Waals surface area contributed by atoms with Gasteiger partial charge in [0.25, 0.3) is 0 Å². The summed E-state index contributed by atoms with van der Waals surface area (Å²) in [5, 5.41) is 8.00. The smallest absolute Gasteiger partial charge is 0.119 e. The number of aryl methyl sites for hydroxylation is 3. The third-order valence-corrected chi connectivity index (χ3v) is 3.53. The van der Waals surface area contributed by atoms with Crippen molar-refractivity contribution < 1.29 is 4.74 Å². The predicted molar refractivity (Wildman–Crippen MR) is 81.2 cm³/mol. The summed E-state index contributed by atoms with van der Waals surface area (Å²) in [5.41, 5.74) is 4.69. The second-order valence-electron chi connectivity index (χ2n) is 5.05. The maximum atomic E-state index is 5.29. The fourth-order valence-electron chi connectivity index (χ4n) is 2.58. The summed E-state index contributed by atoms with van der Waals surface area (Å²) in [7, 11) is 3.69. The Morgan fingerprint density at radius 2 is 2.05 bits per heavy atom. The number of hydrogen-bond acceptors (Lipinski definition) is 3. The molecule has 0 fully saturated rings. The molecule has 1 atom stereocenters. The number of ether oxygens (including phenoxy) is 1. The van der Waals surface area contributed by atoms with Crippen molar-refractivity contribution in [2.75, 3.05) is 13.7 Å². The van der Waals surface area contributed by atoms with E-state index >= 15 is 0 Å². The van der Waals surface area contributed by atoms with Gasteiger partial charge in [-0.3, -0.25) is 4.68 Å². The van der Waals surface area contributed by atoms with Crippen LogP contribution in [0, 0.1) is 13.8 Å². The minimum atomic E-state index is 0.150. The van der Waals surface area contributed by atoms with E-state index in [1.165, 1.54) is 16.8 Å². The summed E-state index contributed by atoms with van der Waals surface area (Å²) in [6.45, 7) is 7.16. The Balaban J connectivity index is 2.45. The van der Waals surface area contributed by atoms with Gasteiger partial charge in [0.15, 0.2) is 0 Å². The molecule has 0 radical (unpaired) electrons. The molecule has 0 aliphatic rings. The van der Waals surface area contributed by atoms with Gasteiger partial charge in [-0.2, -0.15) is 5.10 Å². The molecule has 20 heavy (non-hydrogen) atoms. The minimum Gasteiger partial charge on any atom is -0.497 e. The highest BCUT2D eigenvalue weighted by atomic mass is 16.5. The first-order valence-electron chi connectivity index (χ1n) is 6.95. The molecule has 4 heteroatoms. The van der Waals surface area contributed by atoms with Gasteiger partial charge in [-0.05, 0) is 49.7 Å². The number of methoxy groups -OCH3 is 1. The highest BCUT2D eigenvalue weighted by molar-refractivity contribution is 5.40. The van der Waals surface area contributed by atoms with Crippen LogP contribution in [0.1, 0.15) is 35.5 Å². The topological polar surface area (TPSA) is 39.1 Å². The Kier molecular flexibility index (Phi) is 4.45. The fraction of sp³-hybridized carbons (Fsp3) is 0.438. The van der Waals surface area contributed by atoms with Gasteiger partial charge in [0.2, 0.25) is 0 Å². The molecule has 0 aliphatic heterocycles. The van der Waals surface area contributed by atoms with Gasteiger partial charge >= 0.3 is 0 Å². The number of nitrogens with zero attached hydrogens (tertiary/aromatic N) is 2. The van der Waals surface area contributed by atoms with Crippen LogP contribution in [0.5, 0.6) is 5.75 Å². The first kappa shape index (κ1) is 14.6. The zero-order valence-electron chi connectivity index (χ0n) is 12.9. The van der Waals surface area contributed by atoms with Crippen LogP contribution in [0.25, 0.3) is 0 Å². The van der Waals surface area contributed by atoms with Gasteiger partial charge in [0, 0.05) is 7.05 Å². The van der Waals surface area contributed by atoms with Gasteiger partial charge < -0.3 is 10.1 Å². The lowest BCUT2D eigenvalue weighted by Gasteiger charge is -2.21. The maximum Gasteiger partial charge on any atom is 0.119 e. The Morgan fingerprint density at radius 1 is 1.30 bits per heavy atom. The van der Waals surface area contributed by atoms with Crippen LogP contribution >= 0.6 is 0 Å². The van der Waals surface area contributed by atoms with Gasteiger partial charge in [0.05, 0.1) is 24.5 Å². The van der Waals surface area contributed by atoms with Gasteiger partial charge in [0.1, 0.15) is 5.75 Å². The van der Waals surface area contributed by atoms with E-state index in [0.29, 0.717) is 0 Å². The second-order valence-corrected chi connectivity index (χ2v) is 5.05. The van der Waals surface area contributed by atoms with Crippen molar-refractivity contribution in [3.05, 3.63) is 46.8 Å². The lowest BCUT2D eigenvalue weighted by molar-refractivity contribution is 0.414. The average molecular weight is 273 g/mol. The molecule has 1 unspecified atom stereocenters. The fourth-order valence-corrected chi connectivity index (χ4v) is 2.58. The Morgan fingerprint density at radius 3 is 2.55 bits per heavy atom. The second kappa shape index (κ2) is 6.09. The molecule has 1 N–H and O–H groups in total. The van der Waals surface area contributed by atoms with E-state index in [2.05, 4.69) is 42.5 Å². The summed E-state index contributed by atoms with van der Waals surface area (Å²) in [4.78, 5) is 0. The highest BCUT2D eigenvalue weighted by Gasteiger charge is 2.19.